The molecule has 0 unspecified atom stereocenters. The van der Waals surface area contributed by atoms with E-state index < -0.39 is 0 Å². The standard InChI is InChI=1S/C28H37BrN2O4/c1-18(2)35-26(32)15-23-19(3)30-24(17-31(4)16-20-9-12-33-13-10-20)28(29)27(23)22-7-8-25-21(14-22)6-5-11-34-25/h7-8,14,18,20H,5-6,9-13,15-17H2,1-4H3. The van der Waals surface area contributed by atoms with Crippen LogP contribution in [0.4, 0.5) is 0 Å². The van der Waals surface area contributed by atoms with Gasteiger partial charge in [-0.1, -0.05) is 6.07 Å². The van der Waals surface area contributed by atoms with Crippen LogP contribution < -0.4 is 4.74 Å². The molecule has 0 N–H and O–H groups in total. The Bertz CT molecular complexity index is 1050. The number of fused-ring (bicyclic) bond motifs is 1. The van der Waals surface area contributed by atoms with Crippen LogP contribution in [0.2, 0.25) is 0 Å². The minimum Gasteiger partial charge on any atom is -0.493 e. The van der Waals surface area contributed by atoms with Gasteiger partial charge in [-0.05, 0) is 104 Å². The summed E-state index contributed by atoms with van der Waals surface area (Å²) < 4.78 is 17.8. The number of carbonyl (C=O) groups excluding carboxylic acids is 1. The summed E-state index contributed by atoms with van der Waals surface area (Å²) in [7, 11) is 2.16. The van der Waals surface area contributed by atoms with Crippen LogP contribution in [0.15, 0.2) is 22.7 Å². The minimum absolute atomic E-state index is 0.151. The third-order valence-electron chi connectivity index (χ3n) is 6.73. The van der Waals surface area contributed by atoms with Gasteiger partial charge in [0.1, 0.15) is 5.75 Å². The fourth-order valence-electron chi connectivity index (χ4n) is 5.05. The van der Waals surface area contributed by atoms with Gasteiger partial charge in [0.05, 0.1) is 24.8 Å². The van der Waals surface area contributed by atoms with E-state index in [0.717, 1.165) is 96.9 Å². The lowest BCUT2D eigenvalue weighted by Crippen LogP contribution is -2.30. The lowest BCUT2D eigenvalue weighted by atomic mass is 9.93. The zero-order valence-electron chi connectivity index (χ0n) is 21.4. The van der Waals surface area contributed by atoms with Crippen LogP contribution >= 0.6 is 15.9 Å². The molecule has 1 aromatic carbocycles. The lowest BCUT2D eigenvalue weighted by Gasteiger charge is -2.28. The zero-order chi connectivity index (χ0) is 24.9. The first kappa shape index (κ1) is 26.1. The van der Waals surface area contributed by atoms with Crippen molar-refractivity contribution in [2.75, 3.05) is 33.4 Å². The number of ether oxygens (including phenoxy) is 3. The highest BCUT2D eigenvalue weighted by Gasteiger charge is 2.24. The van der Waals surface area contributed by atoms with Crippen molar-refractivity contribution in [3.63, 3.8) is 0 Å². The smallest absolute Gasteiger partial charge is 0.310 e. The monoisotopic (exact) mass is 544 g/mol. The first-order valence-corrected chi connectivity index (χ1v) is 13.5. The van der Waals surface area contributed by atoms with Crippen LogP contribution in [0.3, 0.4) is 0 Å². The van der Waals surface area contributed by atoms with Crippen molar-refractivity contribution in [3.8, 4) is 16.9 Å². The van der Waals surface area contributed by atoms with Gasteiger partial charge in [-0.2, -0.15) is 0 Å². The quantitative estimate of drug-likeness (QED) is 0.409. The highest BCUT2D eigenvalue weighted by atomic mass is 79.9. The van der Waals surface area contributed by atoms with Crippen molar-refractivity contribution in [2.24, 2.45) is 5.92 Å². The second-order valence-electron chi connectivity index (χ2n) is 10.1. The van der Waals surface area contributed by atoms with Gasteiger partial charge in [-0.25, -0.2) is 0 Å². The van der Waals surface area contributed by atoms with Crippen LogP contribution in [0.25, 0.3) is 11.1 Å². The van der Waals surface area contributed by atoms with Crippen LogP contribution in [0.1, 0.15) is 55.6 Å². The van der Waals surface area contributed by atoms with E-state index >= 15 is 0 Å². The number of benzene rings is 1. The van der Waals surface area contributed by atoms with Crippen molar-refractivity contribution in [1.82, 2.24) is 9.88 Å². The summed E-state index contributed by atoms with van der Waals surface area (Å²) in [6.45, 7) is 9.97. The molecule has 0 amide bonds. The molecular formula is C28H37BrN2O4. The van der Waals surface area contributed by atoms with E-state index in [1.807, 2.05) is 20.8 Å². The van der Waals surface area contributed by atoms with Crippen molar-refractivity contribution < 1.29 is 19.0 Å². The Balaban J connectivity index is 1.68. The molecule has 35 heavy (non-hydrogen) atoms. The van der Waals surface area contributed by atoms with Crippen molar-refractivity contribution >= 4 is 21.9 Å². The Hall–Kier alpha value is -1.96. The number of aryl methyl sites for hydroxylation is 2. The number of hydrogen-bond acceptors (Lipinski definition) is 6. The average Bonchev–Trinajstić information content (AvgIpc) is 2.82. The number of halogens is 1. The Morgan fingerprint density at radius 3 is 2.77 bits per heavy atom. The number of esters is 1. The number of hydrogen-bond donors (Lipinski definition) is 0. The molecule has 2 aliphatic heterocycles. The predicted molar refractivity (Wildman–Crippen MR) is 141 cm³/mol. The molecule has 2 aliphatic rings. The summed E-state index contributed by atoms with van der Waals surface area (Å²) in [6.07, 6.45) is 4.27. The van der Waals surface area contributed by atoms with E-state index in [4.69, 9.17) is 19.2 Å². The summed E-state index contributed by atoms with van der Waals surface area (Å²) in [5.41, 5.74) is 6.08. The van der Waals surface area contributed by atoms with Gasteiger partial charge in [-0.15, -0.1) is 0 Å². The molecule has 0 radical (unpaired) electrons. The highest BCUT2D eigenvalue weighted by molar-refractivity contribution is 9.10. The maximum atomic E-state index is 12.7. The van der Waals surface area contributed by atoms with Crippen LogP contribution in [-0.4, -0.2) is 55.4 Å². The van der Waals surface area contributed by atoms with Gasteiger partial charge >= 0.3 is 5.97 Å². The predicted octanol–water partition coefficient (Wildman–Crippen LogP) is 5.50. The van der Waals surface area contributed by atoms with Crippen LogP contribution in [-0.2, 0) is 33.7 Å². The largest absolute Gasteiger partial charge is 0.493 e. The van der Waals surface area contributed by atoms with Crippen molar-refractivity contribution in [3.05, 3.63) is 45.2 Å². The SMILES string of the molecule is Cc1nc(CN(C)CC2CCOCC2)c(Br)c(-c2ccc3c(c2)CCCO3)c1CC(=O)OC(C)C. The fraction of sp³-hybridized carbons (Fsp3) is 0.571. The van der Waals surface area contributed by atoms with Gasteiger partial charge in [0.25, 0.3) is 0 Å². The topological polar surface area (TPSA) is 60.9 Å². The summed E-state index contributed by atoms with van der Waals surface area (Å²) >= 11 is 3.90. The Labute approximate surface area is 217 Å². The number of rotatable bonds is 8. The van der Waals surface area contributed by atoms with E-state index in [0.29, 0.717) is 5.92 Å². The molecule has 0 atom stereocenters. The van der Waals surface area contributed by atoms with Gasteiger partial charge in [0.15, 0.2) is 0 Å². The second kappa shape index (κ2) is 11.8. The fourth-order valence-corrected chi connectivity index (χ4v) is 5.74. The highest BCUT2D eigenvalue weighted by Crippen LogP contribution is 2.39. The third kappa shape index (κ3) is 6.63. The number of nitrogens with zero attached hydrogens (tertiary/aromatic N) is 2. The summed E-state index contributed by atoms with van der Waals surface area (Å²) in [5, 5.41) is 0. The van der Waals surface area contributed by atoms with E-state index in [2.05, 4.69) is 46.1 Å². The van der Waals surface area contributed by atoms with Gasteiger partial charge in [0.2, 0.25) is 0 Å². The number of carbonyl (C=O) groups is 1. The molecule has 0 aliphatic carbocycles. The van der Waals surface area contributed by atoms with Crippen LogP contribution in [0.5, 0.6) is 5.75 Å². The molecule has 6 nitrogen and oxygen atoms in total. The summed E-state index contributed by atoms with van der Waals surface area (Å²) in [6, 6.07) is 6.36. The van der Waals surface area contributed by atoms with Crippen molar-refractivity contribution in [2.45, 2.75) is 65.5 Å². The Morgan fingerprint density at radius 1 is 1.26 bits per heavy atom. The van der Waals surface area contributed by atoms with Gasteiger partial charge in [0, 0.05) is 42.0 Å². The maximum Gasteiger partial charge on any atom is 0.310 e. The van der Waals surface area contributed by atoms with Gasteiger partial charge < -0.3 is 19.1 Å². The maximum absolute atomic E-state index is 12.7. The normalized spacial score (nSPS) is 16.3. The van der Waals surface area contributed by atoms with E-state index in [1.54, 1.807) is 0 Å². The molecule has 4 rings (SSSR count). The molecule has 3 heterocycles. The molecule has 0 saturated carbocycles. The molecule has 2 aromatic rings. The summed E-state index contributed by atoms with van der Waals surface area (Å²) in [4.78, 5) is 20.0. The van der Waals surface area contributed by atoms with E-state index in [1.165, 1.54) is 5.56 Å². The van der Waals surface area contributed by atoms with E-state index in [-0.39, 0.29) is 18.5 Å². The molecule has 1 aromatic heterocycles. The average molecular weight is 546 g/mol. The minimum atomic E-state index is -0.233. The molecule has 1 saturated heterocycles. The first-order valence-electron chi connectivity index (χ1n) is 12.7. The number of pyridine rings is 1. The molecular weight excluding hydrogens is 508 g/mol. The molecule has 190 valence electrons. The van der Waals surface area contributed by atoms with Crippen molar-refractivity contribution in [1.29, 1.82) is 0 Å². The molecule has 1 fully saturated rings. The van der Waals surface area contributed by atoms with Crippen LogP contribution in [0, 0.1) is 12.8 Å². The second-order valence-corrected chi connectivity index (χ2v) is 10.8. The summed E-state index contributed by atoms with van der Waals surface area (Å²) in [5.74, 6) is 1.38. The number of aromatic nitrogens is 1. The zero-order valence-corrected chi connectivity index (χ0v) is 22.9. The molecule has 0 bridgehead atoms. The molecule has 7 heteroatoms. The first-order chi connectivity index (χ1) is 16.8. The lowest BCUT2D eigenvalue weighted by molar-refractivity contribution is -0.146. The Morgan fingerprint density at radius 2 is 2.03 bits per heavy atom. The van der Waals surface area contributed by atoms with E-state index in [9.17, 15) is 4.79 Å². The molecule has 0 spiro atoms. The van der Waals surface area contributed by atoms with Gasteiger partial charge in [-0.3, -0.25) is 9.78 Å². The Kier molecular flexibility index (Phi) is 8.84. The third-order valence-corrected chi connectivity index (χ3v) is 7.58.